The van der Waals surface area contributed by atoms with Crippen LogP contribution in [0.2, 0.25) is 0 Å². The van der Waals surface area contributed by atoms with Gasteiger partial charge in [0.2, 0.25) is 17.7 Å². The van der Waals surface area contributed by atoms with Crippen molar-refractivity contribution in [2.24, 2.45) is 0 Å². The zero-order valence-electron chi connectivity index (χ0n) is 38.3. The lowest BCUT2D eigenvalue weighted by Crippen LogP contribution is -2.61. The summed E-state index contributed by atoms with van der Waals surface area (Å²) in [5.41, 5.74) is -2.32. The molecule has 27 heteroatoms. The Morgan fingerprint density at radius 1 is 0.478 bits per heavy atom. The quantitative estimate of drug-likeness (QED) is 0.0513. The smallest absolute Gasteiger partial charge is 0.303 e. The van der Waals surface area contributed by atoms with Gasteiger partial charge in [-0.3, -0.25) is 52.7 Å². The SMILES string of the molecule is CC(=O)OC[C@H]1O[C@@H](SCC(=O)NCCCN(CCCNC(=O)CS[C@@H]2O[C@H](COC(C)=O)[C@@H](OC(C)=O)[C@H](OC(C)=O)[C@H]2OC(C)=O)C(=O)CCl)[C@H](OC(C)=O)[C@@H](OC(C)=O)[C@@H]1OC(C)=O. The monoisotopic (exact) mass is 1020 g/mol. The highest BCUT2D eigenvalue weighted by atomic mass is 35.5. The first kappa shape index (κ1) is 58.2. The lowest BCUT2D eigenvalue weighted by atomic mass is 9.99. The normalized spacial score (nSPS) is 24.3. The van der Waals surface area contributed by atoms with Crippen LogP contribution in [0.15, 0.2) is 0 Å². The van der Waals surface area contributed by atoms with E-state index < -0.39 is 138 Å². The summed E-state index contributed by atoms with van der Waals surface area (Å²) >= 11 is 7.60. The van der Waals surface area contributed by atoms with Crippen LogP contribution < -0.4 is 10.6 Å². The average molecular weight is 1020 g/mol. The minimum atomic E-state index is -1.39. The van der Waals surface area contributed by atoms with Gasteiger partial charge in [0.05, 0.1) is 11.5 Å². The van der Waals surface area contributed by atoms with E-state index in [2.05, 4.69) is 10.6 Å². The van der Waals surface area contributed by atoms with E-state index >= 15 is 0 Å². The van der Waals surface area contributed by atoms with Crippen molar-refractivity contribution >= 4 is 101 Å². The predicted octanol–water partition coefficient (Wildman–Crippen LogP) is -0.301. The Morgan fingerprint density at radius 2 is 0.791 bits per heavy atom. The van der Waals surface area contributed by atoms with Gasteiger partial charge >= 0.3 is 47.8 Å². The molecular formula is C40H58ClN3O21S2. The maximum absolute atomic E-state index is 12.9. The van der Waals surface area contributed by atoms with Crippen molar-refractivity contribution < 1.29 is 100 Å². The number of halogens is 1. The van der Waals surface area contributed by atoms with E-state index in [0.29, 0.717) is 0 Å². The van der Waals surface area contributed by atoms with Crippen LogP contribution in [0, 0.1) is 0 Å². The van der Waals surface area contributed by atoms with Gasteiger partial charge < -0.3 is 62.9 Å². The Kier molecular flexibility index (Phi) is 25.8. The molecule has 2 rings (SSSR count). The summed E-state index contributed by atoms with van der Waals surface area (Å²) in [6, 6.07) is 0. The van der Waals surface area contributed by atoms with Crippen molar-refractivity contribution in [2.45, 2.75) is 128 Å². The standard InChI is InChI=1S/C40H58ClN3O21S2/c1-20(45)56-16-28-33(58-22(3)47)35(60-24(5)49)37(62-26(7)51)39(64-28)66-18-30(53)42-11-9-13-44(32(55)15-41)14-10-12-43-31(54)19-67-40-38(63-27(8)52)36(61-25(6)50)34(59-23(4)48)29(65-40)17-57-21(2)46/h28-29,33-40H,9-19H2,1-8H3,(H,42,53)(H,43,54)/t28-,29-,33-,34-,35+,36+,37-,38-,39+,40+/m1/s1. The van der Waals surface area contributed by atoms with E-state index in [1.807, 2.05) is 0 Å². The maximum atomic E-state index is 12.9. The number of amides is 3. The first-order chi connectivity index (χ1) is 31.5. The summed E-state index contributed by atoms with van der Waals surface area (Å²) in [5, 5.41) is 5.42. The highest BCUT2D eigenvalue weighted by Gasteiger charge is 2.54. The first-order valence-electron chi connectivity index (χ1n) is 20.7. The molecule has 0 spiro atoms. The lowest BCUT2D eigenvalue weighted by molar-refractivity contribution is -0.237. The van der Waals surface area contributed by atoms with Gasteiger partial charge in [-0.05, 0) is 12.8 Å². The molecule has 2 fully saturated rings. The number of nitrogens with zero attached hydrogens (tertiary/aromatic N) is 1. The molecule has 2 aliphatic heterocycles. The highest BCUT2D eigenvalue weighted by molar-refractivity contribution is 8.00. The Hall–Kier alpha value is -4.92. The molecule has 2 saturated heterocycles. The summed E-state index contributed by atoms with van der Waals surface area (Å²) in [7, 11) is 0. The van der Waals surface area contributed by atoms with E-state index in [4.69, 9.17) is 59.0 Å². The van der Waals surface area contributed by atoms with Crippen LogP contribution >= 0.6 is 35.1 Å². The number of hydrogen-bond acceptors (Lipinski definition) is 23. The van der Waals surface area contributed by atoms with E-state index in [0.717, 1.165) is 78.9 Å². The molecule has 0 aromatic carbocycles. The molecule has 378 valence electrons. The molecule has 0 radical (unpaired) electrons. The number of carbonyl (C=O) groups excluding carboxylic acids is 11. The molecule has 0 bridgehead atoms. The Morgan fingerprint density at radius 3 is 1.09 bits per heavy atom. The van der Waals surface area contributed by atoms with Crippen molar-refractivity contribution in [3.8, 4) is 0 Å². The zero-order chi connectivity index (χ0) is 50.4. The topological polar surface area (TPSA) is 307 Å². The van der Waals surface area contributed by atoms with Gasteiger partial charge in [0.15, 0.2) is 36.6 Å². The van der Waals surface area contributed by atoms with Crippen LogP contribution in [-0.4, -0.2) is 187 Å². The average Bonchev–Trinajstić information content (AvgIpc) is 3.22. The molecule has 2 heterocycles. The number of nitrogens with one attached hydrogen (secondary N) is 2. The number of ether oxygens (including phenoxy) is 10. The number of carbonyl (C=O) groups is 11. The zero-order valence-corrected chi connectivity index (χ0v) is 40.7. The molecule has 0 saturated carbocycles. The molecule has 0 aromatic heterocycles. The second-order valence-electron chi connectivity index (χ2n) is 14.7. The van der Waals surface area contributed by atoms with Crippen LogP contribution in [-0.2, 0) is 100 Å². The van der Waals surface area contributed by atoms with E-state index in [1.54, 1.807) is 0 Å². The molecule has 0 unspecified atom stereocenters. The number of esters is 8. The lowest BCUT2D eigenvalue weighted by Gasteiger charge is -2.44. The van der Waals surface area contributed by atoms with Crippen LogP contribution in [0.1, 0.15) is 68.2 Å². The number of hydrogen-bond donors (Lipinski definition) is 2. The molecule has 0 aromatic rings. The highest BCUT2D eigenvalue weighted by Crippen LogP contribution is 2.36. The minimum absolute atomic E-state index is 0.108. The maximum Gasteiger partial charge on any atom is 0.303 e. The summed E-state index contributed by atoms with van der Waals surface area (Å²) in [6.07, 6.45) is -9.96. The van der Waals surface area contributed by atoms with Crippen LogP contribution in [0.4, 0.5) is 0 Å². The van der Waals surface area contributed by atoms with Gasteiger partial charge in [0, 0.05) is 81.6 Å². The van der Waals surface area contributed by atoms with Crippen molar-refractivity contribution in [1.29, 1.82) is 0 Å². The minimum Gasteiger partial charge on any atom is -0.463 e. The molecule has 2 N–H and O–H groups in total. The summed E-state index contributed by atoms with van der Waals surface area (Å²) in [5.74, 6) is -8.36. The fraction of sp³-hybridized carbons (Fsp3) is 0.725. The molecule has 3 amide bonds. The molecule has 2 aliphatic rings. The fourth-order valence-electron chi connectivity index (χ4n) is 6.50. The van der Waals surface area contributed by atoms with E-state index in [-0.39, 0.29) is 56.4 Å². The molecule has 67 heavy (non-hydrogen) atoms. The van der Waals surface area contributed by atoms with Gasteiger partial charge in [-0.2, -0.15) is 0 Å². The Labute approximate surface area is 399 Å². The van der Waals surface area contributed by atoms with Crippen LogP contribution in [0.25, 0.3) is 0 Å². The van der Waals surface area contributed by atoms with Crippen molar-refractivity contribution in [3.63, 3.8) is 0 Å². The third kappa shape index (κ3) is 21.7. The van der Waals surface area contributed by atoms with Crippen molar-refractivity contribution in [2.75, 3.05) is 56.8 Å². The van der Waals surface area contributed by atoms with E-state index in [1.165, 1.54) is 4.90 Å². The van der Waals surface area contributed by atoms with Gasteiger partial charge in [-0.1, -0.05) is 0 Å². The van der Waals surface area contributed by atoms with Gasteiger partial charge in [-0.25, -0.2) is 0 Å². The van der Waals surface area contributed by atoms with Gasteiger partial charge in [0.1, 0.15) is 42.2 Å². The molecule has 0 aliphatic carbocycles. The van der Waals surface area contributed by atoms with Crippen molar-refractivity contribution in [1.82, 2.24) is 15.5 Å². The largest absolute Gasteiger partial charge is 0.463 e. The molecule has 24 nitrogen and oxygen atoms in total. The van der Waals surface area contributed by atoms with Crippen LogP contribution in [0.3, 0.4) is 0 Å². The second-order valence-corrected chi connectivity index (χ2v) is 17.1. The predicted molar refractivity (Wildman–Crippen MR) is 231 cm³/mol. The van der Waals surface area contributed by atoms with E-state index in [9.17, 15) is 52.7 Å². The Bertz CT molecular complexity index is 1660. The first-order valence-corrected chi connectivity index (χ1v) is 23.4. The molecule has 10 atom stereocenters. The van der Waals surface area contributed by atoms with Gasteiger partial charge in [-0.15, -0.1) is 35.1 Å². The third-order valence-corrected chi connectivity index (χ3v) is 11.5. The number of rotatable bonds is 25. The summed E-state index contributed by atoms with van der Waals surface area (Å²) < 4.78 is 54.5. The van der Waals surface area contributed by atoms with Crippen molar-refractivity contribution in [3.05, 3.63) is 0 Å². The third-order valence-electron chi connectivity index (χ3n) is 8.97. The summed E-state index contributed by atoms with van der Waals surface area (Å²) in [6.45, 7) is 8.55. The van der Waals surface area contributed by atoms with Crippen LogP contribution in [0.5, 0.6) is 0 Å². The Balaban J connectivity index is 1.98. The van der Waals surface area contributed by atoms with Gasteiger partial charge in [0.25, 0.3) is 0 Å². The second kappa shape index (κ2) is 29.8. The summed E-state index contributed by atoms with van der Waals surface area (Å²) in [4.78, 5) is 136. The number of thioether (sulfide) groups is 2. The number of alkyl halides is 1. The molecular weight excluding hydrogens is 958 g/mol. The fourth-order valence-corrected chi connectivity index (χ4v) is 8.75.